The topological polar surface area (TPSA) is 278 Å². The number of β-amino-alcohol motifs (C(OH)–C–C–N with tert-alkyl or cyclic N) is 1. The molecule has 1 unspecified atom stereocenters. The number of aromatic nitrogens is 6. The lowest BCUT2D eigenvalue weighted by atomic mass is 9.85. The highest BCUT2D eigenvalue weighted by molar-refractivity contribution is 7.13. The number of thiazole rings is 1. The molecule has 0 spiro atoms. The fraction of sp³-hybridized carbons (Fsp3) is 0.582. The number of nitrogens with one attached hydrogen (secondary N) is 4. The minimum Gasteiger partial charge on any atom is -0.490 e. The van der Waals surface area contributed by atoms with Crippen LogP contribution in [0.1, 0.15) is 142 Å². The number of pyridine rings is 1. The molecule has 0 saturated carbocycles. The number of nitrogen functional groups attached to an aromatic ring is 1. The van der Waals surface area contributed by atoms with E-state index in [2.05, 4.69) is 53.4 Å². The van der Waals surface area contributed by atoms with Crippen LogP contribution >= 0.6 is 11.3 Å². The van der Waals surface area contributed by atoms with Crippen LogP contribution in [-0.2, 0) is 32.3 Å². The van der Waals surface area contributed by atoms with Gasteiger partial charge in [0.25, 0.3) is 0 Å². The third-order valence-corrected chi connectivity index (χ3v) is 14.1. The van der Waals surface area contributed by atoms with Crippen LogP contribution in [0.5, 0.6) is 5.75 Å². The van der Waals surface area contributed by atoms with Crippen molar-refractivity contribution < 1.29 is 38.8 Å². The lowest BCUT2D eigenvalue weighted by Crippen LogP contribution is -2.57. The fourth-order valence-electron chi connectivity index (χ4n) is 9.04. The van der Waals surface area contributed by atoms with Gasteiger partial charge in [-0.3, -0.25) is 19.2 Å². The van der Waals surface area contributed by atoms with E-state index in [-0.39, 0.29) is 49.0 Å². The Balaban J connectivity index is 0.790. The Kier molecular flexibility index (Phi) is 21.7. The maximum atomic E-state index is 14.0. The number of likely N-dealkylation sites (tertiary alicyclic amines) is 1. The molecule has 1 aromatic carbocycles. The molecule has 1 fully saturated rings. The Morgan fingerprint density at radius 1 is 0.908 bits per heavy atom. The summed E-state index contributed by atoms with van der Waals surface area (Å²) in [6, 6.07) is 6.23. The molecule has 0 radical (unpaired) electrons. The van der Waals surface area contributed by atoms with Crippen LogP contribution in [0, 0.1) is 24.2 Å². The van der Waals surface area contributed by atoms with E-state index >= 15 is 0 Å². The molecule has 412 valence electrons. The molecule has 1 aliphatic heterocycles. The van der Waals surface area contributed by atoms with Crippen LogP contribution in [0.15, 0.2) is 40.6 Å². The minimum atomic E-state index is -1.22. The van der Waals surface area contributed by atoms with E-state index < -0.39 is 29.2 Å². The van der Waals surface area contributed by atoms with Gasteiger partial charge in [0.05, 0.1) is 35.0 Å². The van der Waals surface area contributed by atoms with Crippen molar-refractivity contribution in [2.45, 2.75) is 169 Å². The number of rotatable bonds is 28. The van der Waals surface area contributed by atoms with Gasteiger partial charge in [-0.1, -0.05) is 89.5 Å². The number of ether oxygens (including phenoxy) is 1. The van der Waals surface area contributed by atoms with Crippen molar-refractivity contribution in [3.63, 3.8) is 0 Å². The van der Waals surface area contributed by atoms with Crippen LogP contribution in [0.2, 0.25) is 0 Å². The Morgan fingerprint density at radius 2 is 1.61 bits per heavy atom. The summed E-state index contributed by atoms with van der Waals surface area (Å²) in [5.41, 5.74) is 10.8. The van der Waals surface area contributed by atoms with Gasteiger partial charge in [-0.15, -0.1) is 11.3 Å². The number of anilines is 1. The van der Waals surface area contributed by atoms with E-state index in [9.17, 15) is 29.4 Å². The first-order valence-electron chi connectivity index (χ1n) is 26.7. The number of amides is 4. The highest BCUT2D eigenvalue weighted by Gasteiger charge is 2.44. The van der Waals surface area contributed by atoms with Crippen LogP contribution < -0.4 is 31.7 Å². The zero-order chi connectivity index (χ0) is 54.8. The Bertz CT molecular complexity index is 2770. The predicted octanol–water partition coefficient (Wildman–Crippen LogP) is 6.21. The van der Waals surface area contributed by atoms with Crippen LogP contribution in [0.4, 0.5) is 5.82 Å². The van der Waals surface area contributed by atoms with E-state index in [0.717, 1.165) is 73.1 Å². The van der Waals surface area contributed by atoms with Crippen molar-refractivity contribution in [2.24, 2.45) is 5.41 Å². The highest BCUT2D eigenvalue weighted by Crippen LogP contribution is 2.34. The summed E-state index contributed by atoms with van der Waals surface area (Å²) in [7, 11) is 0. The van der Waals surface area contributed by atoms with Gasteiger partial charge in [0, 0.05) is 45.4 Å². The van der Waals surface area contributed by atoms with E-state index in [0.29, 0.717) is 92.5 Å². The number of carbonyl (C=O) groups is 4. The first kappa shape index (κ1) is 58.8. The van der Waals surface area contributed by atoms with Gasteiger partial charge >= 0.3 is 0 Å². The molecule has 5 aromatic rings. The van der Waals surface area contributed by atoms with E-state index in [4.69, 9.17) is 20.1 Å². The largest absolute Gasteiger partial charge is 0.490 e. The van der Waals surface area contributed by atoms with Gasteiger partial charge in [0.2, 0.25) is 23.6 Å². The fourth-order valence-corrected chi connectivity index (χ4v) is 9.85. The summed E-state index contributed by atoms with van der Waals surface area (Å²) < 4.78 is 12.9. The quantitative estimate of drug-likeness (QED) is 0.0217. The zero-order valence-electron chi connectivity index (χ0n) is 45.3. The molecule has 8 N–H and O–H groups in total. The number of aliphatic hydroxyl groups is 2. The highest BCUT2D eigenvalue weighted by atomic mass is 32.1. The predicted molar refractivity (Wildman–Crippen MR) is 293 cm³/mol. The summed E-state index contributed by atoms with van der Waals surface area (Å²) in [4.78, 5) is 69.2. The molecule has 0 aliphatic carbocycles. The van der Waals surface area contributed by atoms with Crippen molar-refractivity contribution in [1.82, 2.24) is 56.0 Å². The number of nitrogens with two attached hydrogens (primary N) is 1. The SMILES string of the molecule is CCn1c(-c2nonc2N)nc2c(C#CC(C)(C)O)ncc(OCCCNCCCC(=O)NCCCCCCCCCCC(=O)NC(C(=O)N3C[C@H](O)C[C@H]3C(=O)NCc3ccc(-c4scnc4C)cc3)C(C)(C)C)c21. The van der Waals surface area contributed by atoms with E-state index in [1.807, 2.05) is 69.0 Å². The third kappa shape index (κ3) is 17.0. The van der Waals surface area contributed by atoms with Gasteiger partial charge in [-0.2, -0.15) is 0 Å². The number of hydrogen-bond acceptors (Lipinski definition) is 16. The summed E-state index contributed by atoms with van der Waals surface area (Å²) >= 11 is 1.58. The van der Waals surface area contributed by atoms with Crippen LogP contribution in [0.25, 0.3) is 33.0 Å². The molecule has 4 amide bonds. The smallest absolute Gasteiger partial charge is 0.246 e. The molecule has 5 heterocycles. The molecule has 1 aliphatic rings. The number of carbonyl (C=O) groups excluding carboxylic acids is 4. The van der Waals surface area contributed by atoms with Crippen molar-refractivity contribution in [3.8, 4) is 39.5 Å². The maximum absolute atomic E-state index is 14.0. The molecule has 3 atom stereocenters. The first-order chi connectivity index (χ1) is 36.3. The third-order valence-electron chi connectivity index (χ3n) is 13.1. The van der Waals surface area contributed by atoms with Crippen molar-refractivity contribution >= 4 is 51.8 Å². The van der Waals surface area contributed by atoms with Crippen LogP contribution in [0.3, 0.4) is 0 Å². The average Bonchev–Trinajstić information content (AvgIpc) is 4.20. The second-order valence-electron chi connectivity index (χ2n) is 21.1. The molecule has 1 saturated heterocycles. The molecule has 0 bridgehead atoms. The van der Waals surface area contributed by atoms with Crippen molar-refractivity contribution in [1.29, 1.82) is 0 Å². The number of imidazole rings is 1. The number of hydrogen-bond donors (Lipinski definition) is 7. The van der Waals surface area contributed by atoms with Gasteiger partial charge in [0.1, 0.15) is 34.4 Å². The lowest BCUT2D eigenvalue weighted by molar-refractivity contribution is -0.144. The standard InChI is InChI=1S/C55H78N12O8S/c1-8-66-47-42(33-59-40(25-26-55(6,7)73)45(47)63-51(66)46-50(56)65-75-64-46)74-30-18-28-57-27-17-20-43(69)58-29-16-14-12-10-9-11-13-15-19-44(70)62-49(54(3,4)5)53(72)67-34-39(68)31-41(67)52(71)60-32-37-21-23-38(24-22-37)48-36(2)61-35-76-48/h21-24,33,35,39,41,49,57,68,73H,8-20,27-32,34H2,1-7H3,(H2,56,65)(H,58,69)(H,60,71)(H,62,70)/t39-,41+,49?/m1/s1. The van der Waals surface area contributed by atoms with Gasteiger partial charge in [-0.05, 0) is 99.2 Å². The maximum Gasteiger partial charge on any atom is 0.246 e. The molecular weight excluding hydrogens is 989 g/mol. The molecule has 6 rings (SSSR count). The van der Waals surface area contributed by atoms with Crippen molar-refractivity contribution in [2.75, 3.05) is 38.5 Å². The van der Waals surface area contributed by atoms with Gasteiger partial charge in [-0.25, -0.2) is 19.6 Å². The summed E-state index contributed by atoms with van der Waals surface area (Å²) in [5.74, 6) is 5.95. The van der Waals surface area contributed by atoms with Gasteiger partial charge < -0.3 is 51.4 Å². The monoisotopic (exact) mass is 1070 g/mol. The lowest BCUT2D eigenvalue weighted by Gasteiger charge is -2.35. The van der Waals surface area contributed by atoms with Gasteiger partial charge in [0.15, 0.2) is 23.1 Å². The first-order valence-corrected chi connectivity index (χ1v) is 27.6. The van der Waals surface area contributed by atoms with Crippen LogP contribution in [-0.4, -0.2) is 125 Å². The van der Waals surface area contributed by atoms with E-state index in [1.54, 1.807) is 31.4 Å². The number of unbranched alkanes of at least 4 members (excludes halogenated alkanes) is 7. The molecule has 4 aromatic heterocycles. The number of aryl methyl sites for hydroxylation is 2. The Labute approximate surface area is 450 Å². The number of nitrogens with zero attached hydrogens (tertiary/aromatic N) is 7. The second kappa shape index (κ2) is 28.1. The summed E-state index contributed by atoms with van der Waals surface area (Å²) in [6.45, 7) is 16.1. The Morgan fingerprint density at radius 3 is 2.26 bits per heavy atom. The number of benzene rings is 1. The zero-order valence-corrected chi connectivity index (χ0v) is 46.1. The summed E-state index contributed by atoms with van der Waals surface area (Å²) in [6.07, 6.45) is 10.9. The average molecular weight is 1070 g/mol. The molecule has 20 nitrogen and oxygen atoms in total. The minimum absolute atomic E-state index is 0.0274. The molecule has 76 heavy (non-hydrogen) atoms. The second-order valence-corrected chi connectivity index (χ2v) is 21.9. The summed E-state index contributed by atoms with van der Waals surface area (Å²) in [5, 5.41) is 40.8. The number of aliphatic hydroxyl groups excluding tert-OH is 1. The number of fused-ring (bicyclic) bond motifs is 1. The van der Waals surface area contributed by atoms with E-state index in [1.165, 1.54) is 4.90 Å². The Hall–Kier alpha value is -6.47. The normalized spacial score (nSPS) is 15.1. The molecule has 21 heteroatoms. The van der Waals surface area contributed by atoms with Crippen molar-refractivity contribution in [3.05, 3.63) is 52.9 Å². The molecular formula is C55H78N12O8S.